The number of hydrogen-bond donors (Lipinski definition) is 0. The maximum absolute atomic E-state index is 12.6. The lowest BCUT2D eigenvalue weighted by Crippen LogP contribution is -2.38. The molecule has 1 saturated heterocycles. The fraction of sp³-hybridized carbons (Fsp3) is 0.765. The van der Waals surface area contributed by atoms with E-state index in [1.54, 1.807) is 0 Å². The molecular formula is C17H24F3N3O. The molecule has 0 atom stereocenters. The molecule has 2 heterocycles. The van der Waals surface area contributed by atoms with Crippen molar-refractivity contribution in [3.05, 3.63) is 28.4 Å². The molecule has 4 nitrogen and oxygen atoms in total. The Labute approximate surface area is 139 Å². The molecule has 1 aromatic heterocycles. The summed E-state index contributed by atoms with van der Waals surface area (Å²) in [5.41, 5.74) is -1.74. The van der Waals surface area contributed by atoms with Gasteiger partial charge >= 0.3 is 6.18 Å². The van der Waals surface area contributed by atoms with Gasteiger partial charge in [-0.25, -0.2) is 4.98 Å². The van der Waals surface area contributed by atoms with Crippen LogP contribution >= 0.6 is 0 Å². The number of piperidine rings is 1. The van der Waals surface area contributed by atoms with Gasteiger partial charge in [0.15, 0.2) is 5.69 Å². The highest BCUT2D eigenvalue weighted by Gasteiger charge is 2.33. The summed E-state index contributed by atoms with van der Waals surface area (Å²) >= 11 is 0. The van der Waals surface area contributed by atoms with Gasteiger partial charge in [0.2, 0.25) is 0 Å². The summed E-state index contributed by atoms with van der Waals surface area (Å²) in [5.74, 6) is 1.17. The summed E-state index contributed by atoms with van der Waals surface area (Å²) in [6.07, 6.45) is 3.83. The quantitative estimate of drug-likeness (QED) is 0.843. The molecule has 1 aliphatic heterocycles. The van der Waals surface area contributed by atoms with Crippen LogP contribution in [0.25, 0.3) is 0 Å². The molecule has 2 fully saturated rings. The summed E-state index contributed by atoms with van der Waals surface area (Å²) in [5, 5.41) is 0. The van der Waals surface area contributed by atoms with Crippen molar-refractivity contribution in [2.75, 3.05) is 19.6 Å². The summed E-state index contributed by atoms with van der Waals surface area (Å²) in [4.78, 5) is 17.8. The fourth-order valence-corrected chi connectivity index (χ4v) is 3.91. The van der Waals surface area contributed by atoms with Gasteiger partial charge in [0.05, 0.1) is 6.33 Å². The zero-order valence-electron chi connectivity index (χ0n) is 13.8. The predicted octanol–water partition coefficient (Wildman–Crippen LogP) is 3.16. The zero-order valence-corrected chi connectivity index (χ0v) is 13.8. The van der Waals surface area contributed by atoms with E-state index in [1.807, 2.05) is 0 Å². The Hall–Kier alpha value is -1.37. The molecule has 0 radical (unpaired) electrons. The van der Waals surface area contributed by atoms with Crippen LogP contribution in [-0.2, 0) is 12.7 Å². The second kappa shape index (κ2) is 7.25. The minimum Gasteiger partial charge on any atom is -0.303 e. The molecule has 0 amide bonds. The van der Waals surface area contributed by atoms with E-state index in [4.69, 9.17) is 0 Å². The number of halogens is 3. The van der Waals surface area contributed by atoms with Crippen molar-refractivity contribution in [1.82, 2.24) is 14.5 Å². The first kappa shape index (κ1) is 17.5. The molecule has 2 aliphatic rings. The van der Waals surface area contributed by atoms with E-state index >= 15 is 0 Å². The van der Waals surface area contributed by atoms with Gasteiger partial charge in [0, 0.05) is 19.2 Å². The second-order valence-corrected chi connectivity index (χ2v) is 7.16. The van der Waals surface area contributed by atoms with Crippen molar-refractivity contribution < 1.29 is 13.2 Å². The van der Waals surface area contributed by atoms with Crippen LogP contribution in [0.5, 0.6) is 0 Å². The zero-order chi connectivity index (χ0) is 17.2. The van der Waals surface area contributed by atoms with Crippen LogP contribution in [0.3, 0.4) is 0 Å². The van der Waals surface area contributed by atoms with Gasteiger partial charge in [0.1, 0.15) is 0 Å². The van der Waals surface area contributed by atoms with E-state index < -0.39 is 17.4 Å². The van der Waals surface area contributed by atoms with Gasteiger partial charge in [0.25, 0.3) is 5.56 Å². The number of alkyl halides is 3. The molecule has 134 valence electrons. The molecule has 0 N–H and O–H groups in total. The maximum Gasteiger partial charge on any atom is 0.433 e. The van der Waals surface area contributed by atoms with Crippen molar-refractivity contribution in [3.8, 4) is 0 Å². The Kier molecular flexibility index (Phi) is 5.27. The van der Waals surface area contributed by atoms with Crippen LogP contribution in [0.4, 0.5) is 13.2 Å². The van der Waals surface area contributed by atoms with Crippen LogP contribution in [0.2, 0.25) is 0 Å². The van der Waals surface area contributed by atoms with Crippen LogP contribution in [0, 0.1) is 11.8 Å². The first-order valence-corrected chi connectivity index (χ1v) is 8.78. The summed E-state index contributed by atoms with van der Waals surface area (Å²) in [7, 11) is 0. The minimum atomic E-state index is -4.57. The van der Waals surface area contributed by atoms with Crippen molar-refractivity contribution in [2.24, 2.45) is 11.8 Å². The fourth-order valence-electron chi connectivity index (χ4n) is 3.91. The molecule has 1 saturated carbocycles. The number of likely N-dealkylation sites (tertiary alicyclic amines) is 1. The monoisotopic (exact) mass is 343 g/mol. The Morgan fingerprint density at radius 3 is 2.25 bits per heavy atom. The van der Waals surface area contributed by atoms with Crippen molar-refractivity contribution in [2.45, 2.75) is 51.2 Å². The van der Waals surface area contributed by atoms with Crippen molar-refractivity contribution >= 4 is 0 Å². The molecule has 0 spiro atoms. The summed E-state index contributed by atoms with van der Waals surface area (Å²) in [6, 6.07) is 0.592. The van der Waals surface area contributed by atoms with Crippen LogP contribution in [-0.4, -0.2) is 34.1 Å². The highest BCUT2D eigenvalue weighted by atomic mass is 19.4. The number of hydrogen-bond acceptors (Lipinski definition) is 3. The molecule has 24 heavy (non-hydrogen) atoms. The lowest BCUT2D eigenvalue weighted by atomic mass is 9.95. The molecule has 1 aromatic rings. The SMILES string of the molecule is O=c1cc(C(F)(F)F)ncn1CC1CCN(CC2CCCC2)CC1. The Balaban J connectivity index is 1.51. The average molecular weight is 343 g/mol. The predicted molar refractivity (Wildman–Crippen MR) is 84.6 cm³/mol. The Morgan fingerprint density at radius 2 is 1.67 bits per heavy atom. The average Bonchev–Trinajstić information content (AvgIpc) is 3.03. The molecule has 1 aliphatic carbocycles. The lowest BCUT2D eigenvalue weighted by molar-refractivity contribution is -0.141. The van der Waals surface area contributed by atoms with Crippen LogP contribution < -0.4 is 5.56 Å². The molecule has 0 aromatic carbocycles. The van der Waals surface area contributed by atoms with Crippen LogP contribution in [0.15, 0.2) is 17.2 Å². The third-order valence-corrected chi connectivity index (χ3v) is 5.32. The van der Waals surface area contributed by atoms with E-state index in [2.05, 4.69) is 9.88 Å². The van der Waals surface area contributed by atoms with Gasteiger partial charge in [-0.1, -0.05) is 12.8 Å². The van der Waals surface area contributed by atoms with E-state index in [0.717, 1.165) is 38.2 Å². The number of nitrogens with zero attached hydrogens (tertiary/aromatic N) is 3. The highest BCUT2D eigenvalue weighted by Crippen LogP contribution is 2.28. The third kappa shape index (κ3) is 4.37. The Bertz CT molecular complexity index is 600. The molecule has 0 unspecified atom stereocenters. The second-order valence-electron chi connectivity index (χ2n) is 7.16. The van der Waals surface area contributed by atoms with Gasteiger partial charge in [-0.15, -0.1) is 0 Å². The molecule has 7 heteroatoms. The van der Waals surface area contributed by atoms with E-state index in [-0.39, 0.29) is 0 Å². The summed E-state index contributed by atoms with van der Waals surface area (Å²) < 4.78 is 39.0. The molecule has 0 bridgehead atoms. The third-order valence-electron chi connectivity index (χ3n) is 5.32. The largest absolute Gasteiger partial charge is 0.433 e. The van der Waals surface area contributed by atoms with E-state index in [1.165, 1.54) is 36.8 Å². The van der Waals surface area contributed by atoms with Crippen molar-refractivity contribution in [3.63, 3.8) is 0 Å². The molecular weight excluding hydrogens is 319 g/mol. The van der Waals surface area contributed by atoms with E-state index in [9.17, 15) is 18.0 Å². The van der Waals surface area contributed by atoms with Crippen molar-refractivity contribution in [1.29, 1.82) is 0 Å². The minimum absolute atomic E-state index is 0.334. The van der Waals surface area contributed by atoms with Gasteiger partial charge in [-0.3, -0.25) is 9.36 Å². The first-order valence-electron chi connectivity index (χ1n) is 8.78. The Morgan fingerprint density at radius 1 is 1.04 bits per heavy atom. The van der Waals surface area contributed by atoms with E-state index in [0.29, 0.717) is 18.5 Å². The van der Waals surface area contributed by atoms with Gasteiger partial charge in [-0.05, 0) is 50.6 Å². The van der Waals surface area contributed by atoms with Gasteiger partial charge in [-0.2, -0.15) is 13.2 Å². The number of rotatable bonds is 4. The maximum atomic E-state index is 12.6. The van der Waals surface area contributed by atoms with Crippen LogP contribution in [0.1, 0.15) is 44.2 Å². The number of aromatic nitrogens is 2. The lowest BCUT2D eigenvalue weighted by Gasteiger charge is -2.33. The highest BCUT2D eigenvalue weighted by molar-refractivity contribution is 5.03. The summed E-state index contributed by atoms with van der Waals surface area (Å²) in [6.45, 7) is 3.67. The van der Waals surface area contributed by atoms with Gasteiger partial charge < -0.3 is 4.90 Å². The smallest absolute Gasteiger partial charge is 0.303 e. The first-order chi connectivity index (χ1) is 11.4. The normalized spacial score (nSPS) is 21.5. The standard InChI is InChI=1S/C17H24F3N3O/c18-17(19,20)15-9-16(24)23(12-21-15)11-14-5-7-22(8-6-14)10-13-3-1-2-4-13/h9,12-14H,1-8,10-11H2. The molecule has 3 rings (SSSR count). The topological polar surface area (TPSA) is 38.1 Å².